The van der Waals surface area contributed by atoms with Gasteiger partial charge in [-0.05, 0) is 42.8 Å². The quantitative estimate of drug-likeness (QED) is 0.435. The lowest BCUT2D eigenvalue weighted by molar-refractivity contribution is 0.252. The molecule has 1 aliphatic heterocycles. The van der Waals surface area contributed by atoms with Crippen LogP contribution in [0, 0.1) is 0 Å². The molecule has 2 aromatic heterocycles. The van der Waals surface area contributed by atoms with Crippen molar-refractivity contribution >= 4 is 40.2 Å². The number of aromatic nitrogens is 3. The Morgan fingerprint density at radius 1 is 1.10 bits per heavy atom. The second-order valence-electron chi connectivity index (χ2n) is 7.45. The summed E-state index contributed by atoms with van der Waals surface area (Å²) in [6.45, 7) is 6.76. The van der Waals surface area contributed by atoms with Gasteiger partial charge in [0.05, 0.1) is 0 Å². The monoisotopic (exact) mass is 420 g/mol. The summed E-state index contributed by atoms with van der Waals surface area (Å²) < 4.78 is 0. The third-order valence-corrected chi connectivity index (χ3v) is 5.11. The van der Waals surface area contributed by atoms with Crippen molar-refractivity contribution in [1.29, 1.82) is 0 Å². The number of benzene rings is 1. The molecule has 0 spiro atoms. The van der Waals surface area contributed by atoms with Crippen LogP contribution in [0.5, 0.6) is 0 Å². The molecule has 4 N–H and O–H groups in total. The second kappa shape index (κ2) is 10.0. The van der Waals surface area contributed by atoms with Crippen molar-refractivity contribution in [3.8, 4) is 0 Å². The van der Waals surface area contributed by atoms with Gasteiger partial charge in [-0.1, -0.05) is 13.3 Å². The summed E-state index contributed by atoms with van der Waals surface area (Å²) in [5.74, 6) is 0.908. The Hall–Kier alpha value is -3.46. The molecule has 9 nitrogen and oxygen atoms in total. The molecule has 0 radical (unpaired) electrons. The first kappa shape index (κ1) is 20.8. The summed E-state index contributed by atoms with van der Waals surface area (Å²) in [4.78, 5) is 27.6. The normalized spacial score (nSPS) is 13.8. The topological polar surface area (TPSA) is 107 Å². The molecule has 4 rings (SSSR count). The highest BCUT2D eigenvalue weighted by Crippen LogP contribution is 2.21. The molecule has 0 atom stereocenters. The molecule has 31 heavy (non-hydrogen) atoms. The molecule has 9 heteroatoms. The van der Waals surface area contributed by atoms with E-state index in [1.54, 1.807) is 12.3 Å². The van der Waals surface area contributed by atoms with E-state index in [1.807, 2.05) is 18.2 Å². The number of hydrogen-bond donors (Lipinski definition) is 4. The first-order valence-electron chi connectivity index (χ1n) is 10.7. The van der Waals surface area contributed by atoms with Crippen molar-refractivity contribution < 1.29 is 4.79 Å². The van der Waals surface area contributed by atoms with Gasteiger partial charge in [-0.2, -0.15) is 4.98 Å². The number of urea groups is 1. The largest absolute Gasteiger partial charge is 0.369 e. The lowest BCUT2D eigenvalue weighted by Crippen LogP contribution is -2.43. The van der Waals surface area contributed by atoms with E-state index < -0.39 is 0 Å². The molecule has 1 aliphatic rings. The summed E-state index contributed by atoms with van der Waals surface area (Å²) in [5, 5.41) is 13.0. The van der Waals surface area contributed by atoms with Gasteiger partial charge >= 0.3 is 6.03 Å². The highest BCUT2D eigenvalue weighted by molar-refractivity contribution is 5.89. The number of carbonyl (C=O) groups is 1. The van der Waals surface area contributed by atoms with E-state index in [4.69, 9.17) is 0 Å². The molecule has 0 aliphatic carbocycles. The van der Waals surface area contributed by atoms with Crippen molar-refractivity contribution in [2.75, 3.05) is 48.3 Å². The van der Waals surface area contributed by atoms with E-state index in [9.17, 15) is 4.79 Å². The highest BCUT2D eigenvalue weighted by atomic mass is 16.2. The fourth-order valence-corrected chi connectivity index (χ4v) is 3.39. The maximum Gasteiger partial charge on any atom is 0.320 e. The van der Waals surface area contributed by atoms with Crippen molar-refractivity contribution in [1.82, 2.24) is 25.6 Å². The number of rotatable bonds is 7. The molecular formula is C22H28N8O. The van der Waals surface area contributed by atoms with E-state index >= 15 is 0 Å². The SMILES string of the molecule is CCCCNC(=O)Nc1ccc2cnc(Nc3ccc(N4CCNCC4)cc3)nc2n1. The molecule has 0 unspecified atom stereocenters. The van der Waals surface area contributed by atoms with Crippen LogP contribution < -0.4 is 26.2 Å². The fourth-order valence-electron chi connectivity index (χ4n) is 3.39. The molecule has 3 heterocycles. The number of nitrogens with one attached hydrogen (secondary N) is 4. The number of anilines is 4. The van der Waals surface area contributed by atoms with Gasteiger partial charge in [-0.25, -0.2) is 14.8 Å². The van der Waals surface area contributed by atoms with Gasteiger partial charge < -0.3 is 20.9 Å². The van der Waals surface area contributed by atoms with Gasteiger partial charge in [0.2, 0.25) is 5.95 Å². The first-order chi connectivity index (χ1) is 15.2. The number of nitrogens with zero attached hydrogens (tertiary/aromatic N) is 4. The molecule has 162 valence electrons. The van der Waals surface area contributed by atoms with Crippen molar-refractivity contribution in [2.45, 2.75) is 19.8 Å². The molecule has 1 saturated heterocycles. The Balaban J connectivity index is 1.42. The second-order valence-corrected chi connectivity index (χ2v) is 7.45. The van der Waals surface area contributed by atoms with Crippen LogP contribution in [-0.4, -0.2) is 53.7 Å². The number of carbonyl (C=O) groups excluding carboxylic acids is 1. The minimum absolute atomic E-state index is 0.266. The maximum atomic E-state index is 12.0. The van der Waals surface area contributed by atoms with Crippen LogP contribution in [-0.2, 0) is 0 Å². The molecule has 0 saturated carbocycles. The van der Waals surface area contributed by atoms with Crippen LogP contribution in [0.1, 0.15) is 19.8 Å². The first-order valence-corrected chi connectivity index (χ1v) is 10.7. The average Bonchev–Trinajstić information content (AvgIpc) is 2.80. The molecule has 2 amide bonds. The van der Waals surface area contributed by atoms with Crippen LogP contribution in [0.2, 0.25) is 0 Å². The highest BCUT2D eigenvalue weighted by Gasteiger charge is 2.10. The van der Waals surface area contributed by atoms with Gasteiger partial charge in [-0.3, -0.25) is 5.32 Å². The van der Waals surface area contributed by atoms with Gasteiger partial charge in [-0.15, -0.1) is 0 Å². The fraction of sp³-hybridized carbons (Fsp3) is 0.364. The van der Waals surface area contributed by atoms with Crippen molar-refractivity contribution in [3.63, 3.8) is 0 Å². The summed E-state index contributed by atoms with van der Waals surface area (Å²) in [6.07, 6.45) is 3.69. The number of hydrogen-bond acceptors (Lipinski definition) is 7. The Morgan fingerprint density at radius 3 is 2.68 bits per heavy atom. The van der Waals surface area contributed by atoms with Gasteiger partial charge in [0.15, 0.2) is 5.65 Å². The predicted octanol–water partition coefficient (Wildman–Crippen LogP) is 3.10. The van der Waals surface area contributed by atoms with Crippen LogP contribution in [0.3, 0.4) is 0 Å². The van der Waals surface area contributed by atoms with Crippen molar-refractivity contribution in [2.24, 2.45) is 0 Å². The smallest absolute Gasteiger partial charge is 0.320 e. The number of fused-ring (bicyclic) bond motifs is 1. The van der Waals surface area contributed by atoms with Crippen LogP contribution in [0.25, 0.3) is 11.0 Å². The Labute approximate surface area is 181 Å². The van der Waals surface area contributed by atoms with Gasteiger partial charge in [0, 0.05) is 55.7 Å². The summed E-state index contributed by atoms with van der Waals surface area (Å²) in [5.41, 5.74) is 2.63. The van der Waals surface area contributed by atoms with Crippen LogP contribution in [0.4, 0.5) is 27.9 Å². The molecule has 1 aromatic carbocycles. The number of unbranched alkanes of at least 4 members (excludes halogenated alkanes) is 1. The predicted molar refractivity (Wildman–Crippen MR) is 124 cm³/mol. The summed E-state index contributed by atoms with van der Waals surface area (Å²) >= 11 is 0. The Morgan fingerprint density at radius 2 is 1.90 bits per heavy atom. The van der Waals surface area contributed by atoms with E-state index in [0.29, 0.717) is 24.0 Å². The van der Waals surface area contributed by atoms with Crippen LogP contribution >= 0.6 is 0 Å². The minimum Gasteiger partial charge on any atom is -0.369 e. The third kappa shape index (κ3) is 5.58. The van der Waals surface area contributed by atoms with Crippen LogP contribution in [0.15, 0.2) is 42.6 Å². The zero-order valence-corrected chi connectivity index (χ0v) is 17.7. The maximum absolute atomic E-state index is 12.0. The molecular weight excluding hydrogens is 392 g/mol. The zero-order chi connectivity index (χ0) is 21.5. The molecule has 3 aromatic rings. The van der Waals surface area contributed by atoms with Gasteiger partial charge in [0.25, 0.3) is 0 Å². The van der Waals surface area contributed by atoms with Crippen molar-refractivity contribution in [3.05, 3.63) is 42.6 Å². The third-order valence-electron chi connectivity index (χ3n) is 5.11. The molecule has 1 fully saturated rings. The lowest BCUT2D eigenvalue weighted by Gasteiger charge is -2.29. The number of piperazine rings is 1. The molecule has 0 bridgehead atoms. The average molecular weight is 421 g/mol. The van der Waals surface area contributed by atoms with E-state index in [0.717, 1.165) is 50.1 Å². The van der Waals surface area contributed by atoms with E-state index in [2.05, 4.69) is 60.2 Å². The Kier molecular flexibility index (Phi) is 6.73. The lowest BCUT2D eigenvalue weighted by atomic mass is 10.2. The summed E-state index contributed by atoms with van der Waals surface area (Å²) in [7, 11) is 0. The minimum atomic E-state index is -0.266. The number of pyridine rings is 1. The van der Waals surface area contributed by atoms with E-state index in [-0.39, 0.29) is 6.03 Å². The standard InChI is InChI=1S/C22H28N8O/c1-2-3-10-24-22(31)28-19-9-4-16-15-25-21(29-20(16)27-19)26-17-5-7-18(8-6-17)30-13-11-23-12-14-30/h4-9,15,23H,2-3,10-14H2,1H3,(H3,24,25,26,27,28,29,31). The zero-order valence-electron chi connectivity index (χ0n) is 17.7. The summed E-state index contributed by atoms with van der Waals surface area (Å²) in [6, 6.07) is 11.6. The van der Waals surface area contributed by atoms with E-state index in [1.165, 1.54) is 5.69 Å². The number of amides is 2. The van der Waals surface area contributed by atoms with Gasteiger partial charge in [0.1, 0.15) is 5.82 Å². The Bertz CT molecular complexity index is 1020.